The summed E-state index contributed by atoms with van der Waals surface area (Å²) in [6.07, 6.45) is 72.0. The maximum atomic E-state index is 12.7. The van der Waals surface area contributed by atoms with E-state index in [1.165, 1.54) is 19.3 Å². The molecule has 0 aromatic rings. The van der Waals surface area contributed by atoms with Gasteiger partial charge in [-0.2, -0.15) is 0 Å². The van der Waals surface area contributed by atoms with Crippen LogP contribution in [0.1, 0.15) is 143 Å². The molecule has 0 bridgehead atoms. The summed E-state index contributed by atoms with van der Waals surface area (Å²) in [5, 5.41) is 0. The van der Waals surface area contributed by atoms with Crippen LogP contribution in [0.5, 0.6) is 0 Å². The van der Waals surface area contributed by atoms with E-state index < -0.39 is 12.1 Å². The van der Waals surface area contributed by atoms with Crippen molar-refractivity contribution in [3.63, 3.8) is 0 Å². The van der Waals surface area contributed by atoms with Gasteiger partial charge in [0.1, 0.15) is 13.2 Å². The van der Waals surface area contributed by atoms with Gasteiger partial charge in [0.05, 0.1) is 0 Å². The largest absolute Gasteiger partial charge is 0.462 e. The van der Waals surface area contributed by atoms with Crippen LogP contribution < -0.4 is 0 Å². The quantitative estimate of drug-likeness (QED) is 0.0266. The molecule has 1 atom stereocenters. The average Bonchev–Trinajstić information content (AvgIpc) is 3.27. The number of ether oxygens (including phenoxy) is 3. The Morgan fingerprint density at radius 1 is 0.339 bits per heavy atom. The van der Waals surface area contributed by atoms with Crippen LogP contribution in [-0.2, 0) is 28.6 Å². The van der Waals surface area contributed by atoms with Crippen LogP contribution in [-0.4, -0.2) is 37.2 Å². The minimum Gasteiger partial charge on any atom is -0.462 e. The van der Waals surface area contributed by atoms with Gasteiger partial charge in [-0.15, -0.1) is 0 Å². The molecule has 6 nitrogen and oxygen atoms in total. The average molecular weight is 849 g/mol. The van der Waals surface area contributed by atoms with Gasteiger partial charge in [-0.3, -0.25) is 14.4 Å². The number of hydrogen-bond donors (Lipinski definition) is 0. The molecule has 0 fully saturated rings. The smallest absolute Gasteiger partial charge is 0.306 e. The highest BCUT2D eigenvalue weighted by atomic mass is 16.6. The predicted octanol–water partition coefficient (Wildman–Crippen LogP) is 15.2. The SMILES string of the molecule is CC\C=C/C=C\C=C/C=C\C=C/CCCC(=O)OCC(COC(=O)CCCCCCC\C=C/C=C\C=C/C=C\CCCCC)OC(=O)CCC\C=C/C=C\C=C/C=C\C=C/CC. The van der Waals surface area contributed by atoms with Gasteiger partial charge >= 0.3 is 17.9 Å². The first-order valence-electron chi connectivity index (χ1n) is 23.3. The molecule has 1 unspecified atom stereocenters. The van der Waals surface area contributed by atoms with E-state index in [1.807, 2.05) is 115 Å². The molecule has 6 heteroatoms. The topological polar surface area (TPSA) is 78.9 Å². The van der Waals surface area contributed by atoms with E-state index in [0.717, 1.165) is 64.2 Å². The summed E-state index contributed by atoms with van der Waals surface area (Å²) >= 11 is 0. The molecule has 0 radical (unpaired) electrons. The first-order chi connectivity index (χ1) is 30.5. The van der Waals surface area contributed by atoms with Crippen molar-refractivity contribution in [3.8, 4) is 0 Å². The summed E-state index contributed by atoms with van der Waals surface area (Å²) in [5.74, 6) is -1.15. The molecular weight excluding hydrogens is 769 g/mol. The van der Waals surface area contributed by atoms with Crippen molar-refractivity contribution in [2.24, 2.45) is 0 Å². The molecule has 0 amide bonds. The number of rotatable bonds is 38. The standard InChI is InChI=1S/C56H80O6/c1-4-7-10-13-16-19-22-25-26-27-28-29-32-34-37-40-43-46-49-55(58)61-52-53(62-56(59)50-47-44-41-38-35-31-24-21-18-15-12-9-6-3)51-60-54(57)48-45-42-39-36-33-30-23-20-17-14-11-8-5-2/h8-9,11-12,14-31,33,35-36,38-39,41,53H,4-7,10,13,32,34,37,40,42-52H2,1-3H3/b11-8-,12-9-,17-14-,18-15-,19-16-,23-20-,24-21-,25-22-,27-26-,29-28-,33-30-,35-31-,39-36-,41-38-. The molecule has 0 rings (SSSR count). The van der Waals surface area contributed by atoms with Crippen molar-refractivity contribution in [3.05, 3.63) is 170 Å². The molecule has 0 aromatic carbocycles. The van der Waals surface area contributed by atoms with Crippen LogP contribution in [0, 0.1) is 0 Å². The van der Waals surface area contributed by atoms with Crippen LogP contribution >= 0.6 is 0 Å². The highest BCUT2D eigenvalue weighted by Crippen LogP contribution is 2.10. The zero-order valence-corrected chi connectivity index (χ0v) is 38.5. The third-order valence-corrected chi connectivity index (χ3v) is 8.79. The van der Waals surface area contributed by atoms with Crippen molar-refractivity contribution in [1.29, 1.82) is 0 Å². The molecule has 0 aliphatic carbocycles. The van der Waals surface area contributed by atoms with Crippen LogP contribution in [0.2, 0.25) is 0 Å². The number of hydrogen-bond acceptors (Lipinski definition) is 6. The molecule has 0 aliphatic rings. The number of esters is 3. The van der Waals surface area contributed by atoms with E-state index >= 15 is 0 Å². The fourth-order valence-electron chi connectivity index (χ4n) is 5.33. The second-order valence-electron chi connectivity index (χ2n) is 14.5. The van der Waals surface area contributed by atoms with Crippen molar-refractivity contribution in [2.45, 2.75) is 149 Å². The number of unbranched alkanes of at least 4 members (excludes halogenated alkanes) is 10. The molecule has 340 valence electrons. The third-order valence-electron chi connectivity index (χ3n) is 8.79. The molecule has 0 saturated heterocycles. The van der Waals surface area contributed by atoms with Gasteiger partial charge in [-0.05, 0) is 70.6 Å². The van der Waals surface area contributed by atoms with Crippen molar-refractivity contribution < 1.29 is 28.6 Å². The maximum Gasteiger partial charge on any atom is 0.306 e. The van der Waals surface area contributed by atoms with Gasteiger partial charge in [-0.1, -0.05) is 223 Å². The lowest BCUT2D eigenvalue weighted by Crippen LogP contribution is -2.30. The monoisotopic (exact) mass is 849 g/mol. The Balaban J connectivity index is 4.68. The zero-order chi connectivity index (χ0) is 45.1. The molecular formula is C56H80O6. The summed E-state index contributed by atoms with van der Waals surface area (Å²) < 4.78 is 16.6. The van der Waals surface area contributed by atoms with E-state index in [9.17, 15) is 14.4 Å². The van der Waals surface area contributed by atoms with Gasteiger partial charge in [0.2, 0.25) is 0 Å². The number of allylic oxidation sites excluding steroid dienone is 28. The van der Waals surface area contributed by atoms with E-state index in [1.54, 1.807) is 0 Å². The van der Waals surface area contributed by atoms with Gasteiger partial charge in [0.25, 0.3) is 0 Å². The first-order valence-corrected chi connectivity index (χ1v) is 23.3. The lowest BCUT2D eigenvalue weighted by Gasteiger charge is -2.18. The molecule has 62 heavy (non-hydrogen) atoms. The lowest BCUT2D eigenvalue weighted by atomic mass is 10.1. The first kappa shape index (κ1) is 56.8. The van der Waals surface area contributed by atoms with Crippen molar-refractivity contribution in [1.82, 2.24) is 0 Å². The van der Waals surface area contributed by atoms with E-state index in [-0.39, 0.29) is 38.0 Å². The predicted molar refractivity (Wildman–Crippen MR) is 265 cm³/mol. The van der Waals surface area contributed by atoms with E-state index in [4.69, 9.17) is 14.2 Å². The molecule has 0 spiro atoms. The molecule has 0 heterocycles. The molecule has 0 saturated carbocycles. The summed E-state index contributed by atoms with van der Waals surface area (Å²) in [6, 6.07) is 0. The summed E-state index contributed by atoms with van der Waals surface area (Å²) in [5.41, 5.74) is 0. The molecule has 0 aromatic heterocycles. The van der Waals surface area contributed by atoms with E-state index in [2.05, 4.69) is 75.5 Å². The Labute approximate surface area is 377 Å². The van der Waals surface area contributed by atoms with Gasteiger partial charge < -0.3 is 14.2 Å². The Bertz CT molecular complexity index is 1530. The number of carbonyl (C=O) groups is 3. The molecule has 0 N–H and O–H groups in total. The van der Waals surface area contributed by atoms with Crippen LogP contribution in [0.3, 0.4) is 0 Å². The lowest BCUT2D eigenvalue weighted by molar-refractivity contribution is -0.167. The van der Waals surface area contributed by atoms with Crippen LogP contribution in [0.25, 0.3) is 0 Å². The van der Waals surface area contributed by atoms with Crippen LogP contribution in [0.4, 0.5) is 0 Å². The van der Waals surface area contributed by atoms with Gasteiger partial charge in [-0.25, -0.2) is 0 Å². The highest BCUT2D eigenvalue weighted by Gasteiger charge is 2.19. The minimum atomic E-state index is -0.862. The van der Waals surface area contributed by atoms with Crippen LogP contribution in [0.15, 0.2) is 170 Å². The fraction of sp³-hybridized carbons (Fsp3) is 0.446. The zero-order valence-electron chi connectivity index (χ0n) is 38.5. The Morgan fingerprint density at radius 3 is 1.05 bits per heavy atom. The second-order valence-corrected chi connectivity index (χ2v) is 14.5. The number of carbonyl (C=O) groups excluding carboxylic acids is 3. The summed E-state index contributed by atoms with van der Waals surface area (Å²) in [7, 11) is 0. The Kier molecular flexibility index (Phi) is 44.4. The summed E-state index contributed by atoms with van der Waals surface area (Å²) in [6.45, 7) is 6.11. The second kappa shape index (κ2) is 48.4. The summed E-state index contributed by atoms with van der Waals surface area (Å²) in [4.78, 5) is 37.8. The Morgan fingerprint density at radius 2 is 0.645 bits per heavy atom. The highest BCUT2D eigenvalue weighted by molar-refractivity contribution is 5.71. The van der Waals surface area contributed by atoms with Gasteiger partial charge in [0.15, 0.2) is 6.10 Å². The van der Waals surface area contributed by atoms with Crippen molar-refractivity contribution in [2.75, 3.05) is 13.2 Å². The molecule has 0 aliphatic heterocycles. The normalized spacial score (nSPS) is 13.7. The van der Waals surface area contributed by atoms with Crippen molar-refractivity contribution >= 4 is 17.9 Å². The fourth-order valence-corrected chi connectivity index (χ4v) is 5.33. The minimum absolute atomic E-state index is 0.152. The van der Waals surface area contributed by atoms with E-state index in [0.29, 0.717) is 25.7 Å². The maximum absolute atomic E-state index is 12.7. The third kappa shape index (κ3) is 45.8. The Hall–Kier alpha value is -5.23. The van der Waals surface area contributed by atoms with Gasteiger partial charge in [0, 0.05) is 19.3 Å².